The van der Waals surface area contributed by atoms with Crippen LogP contribution in [0.2, 0.25) is 0 Å². The summed E-state index contributed by atoms with van der Waals surface area (Å²) in [6.45, 7) is 0. The van der Waals surface area contributed by atoms with Gasteiger partial charge in [-0.3, -0.25) is 4.90 Å². The van der Waals surface area contributed by atoms with E-state index in [1.165, 1.54) is 37.8 Å². The fraction of sp³-hybridized carbons (Fsp3) is 0.467. The summed E-state index contributed by atoms with van der Waals surface area (Å²) in [5.41, 5.74) is 1.63. The summed E-state index contributed by atoms with van der Waals surface area (Å²) < 4.78 is 15.3. The first kappa shape index (κ1) is 11.0. The van der Waals surface area contributed by atoms with E-state index in [0.29, 0.717) is 0 Å². The maximum absolute atomic E-state index is 13.3. The molecule has 0 saturated carbocycles. The standard InChI is InChI=1S/C15H15FN4/c16-11-3-1-2-10(6-11)14-9-19(18-17-14)15-7-12-4-5-13(8-15)20(12)15/h1-3,6,9,12-13H,4-5,7-8H2/t12-,13+,15?. The van der Waals surface area contributed by atoms with Crippen molar-refractivity contribution >= 4 is 0 Å². The lowest BCUT2D eigenvalue weighted by Gasteiger charge is -2.65. The average molecular weight is 270 g/mol. The van der Waals surface area contributed by atoms with Crippen LogP contribution in [-0.4, -0.2) is 32.0 Å². The zero-order valence-corrected chi connectivity index (χ0v) is 11.0. The van der Waals surface area contributed by atoms with Gasteiger partial charge >= 0.3 is 0 Å². The van der Waals surface area contributed by atoms with Crippen molar-refractivity contribution in [1.29, 1.82) is 0 Å². The molecule has 0 amide bonds. The van der Waals surface area contributed by atoms with Gasteiger partial charge in [0.15, 0.2) is 0 Å². The molecule has 1 unspecified atom stereocenters. The van der Waals surface area contributed by atoms with Crippen LogP contribution in [0.3, 0.4) is 0 Å². The molecule has 0 aliphatic carbocycles. The van der Waals surface area contributed by atoms with Crippen molar-refractivity contribution in [2.75, 3.05) is 0 Å². The van der Waals surface area contributed by atoms with E-state index in [4.69, 9.17) is 0 Å². The SMILES string of the molecule is Fc1cccc(-c2cn(C34C[C@H]5CC[C@@H](C3)N54)nn2)c1. The number of rotatable bonds is 2. The van der Waals surface area contributed by atoms with E-state index < -0.39 is 0 Å². The fourth-order valence-electron chi connectivity index (χ4n) is 4.42. The Bertz CT molecular complexity index is 681. The van der Waals surface area contributed by atoms with Crippen LogP contribution in [0.4, 0.5) is 4.39 Å². The van der Waals surface area contributed by atoms with E-state index >= 15 is 0 Å². The largest absolute Gasteiger partial charge is 0.273 e. The van der Waals surface area contributed by atoms with E-state index in [-0.39, 0.29) is 11.5 Å². The van der Waals surface area contributed by atoms with Crippen LogP contribution in [0.1, 0.15) is 25.7 Å². The molecule has 5 heteroatoms. The number of benzene rings is 1. The third-order valence-electron chi connectivity index (χ3n) is 5.27. The fourth-order valence-corrected chi connectivity index (χ4v) is 4.42. The smallest absolute Gasteiger partial charge is 0.123 e. The van der Waals surface area contributed by atoms with Crippen LogP contribution < -0.4 is 0 Å². The topological polar surface area (TPSA) is 34.0 Å². The maximum atomic E-state index is 13.3. The second-order valence-corrected chi connectivity index (χ2v) is 6.24. The minimum atomic E-state index is -0.234. The maximum Gasteiger partial charge on any atom is 0.123 e. The third-order valence-corrected chi connectivity index (χ3v) is 5.27. The van der Waals surface area contributed by atoms with Gasteiger partial charge in [0, 0.05) is 30.5 Å². The van der Waals surface area contributed by atoms with Gasteiger partial charge in [-0.25, -0.2) is 9.07 Å². The van der Waals surface area contributed by atoms with Crippen LogP contribution >= 0.6 is 0 Å². The van der Waals surface area contributed by atoms with E-state index in [1.54, 1.807) is 6.07 Å². The van der Waals surface area contributed by atoms with Crippen LogP contribution in [0, 0.1) is 5.82 Å². The van der Waals surface area contributed by atoms with Crippen molar-refractivity contribution < 1.29 is 4.39 Å². The van der Waals surface area contributed by atoms with Crippen molar-refractivity contribution in [3.63, 3.8) is 0 Å². The Hall–Kier alpha value is -1.75. The monoisotopic (exact) mass is 270 g/mol. The van der Waals surface area contributed by atoms with E-state index in [9.17, 15) is 4.39 Å². The third kappa shape index (κ3) is 1.19. The molecule has 1 aromatic heterocycles. The van der Waals surface area contributed by atoms with E-state index in [1.807, 2.05) is 16.9 Å². The first-order valence-electron chi connectivity index (χ1n) is 7.23. The van der Waals surface area contributed by atoms with Gasteiger partial charge in [-0.05, 0) is 25.0 Å². The molecule has 20 heavy (non-hydrogen) atoms. The normalized spacial score (nSPS) is 34.5. The first-order valence-corrected chi connectivity index (χ1v) is 7.23. The predicted molar refractivity (Wildman–Crippen MR) is 71.3 cm³/mol. The molecular weight excluding hydrogens is 255 g/mol. The molecule has 3 atom stereocenters. The molecule has 0 bridgehead atoms. The zero-order chi connectivity index (χ0) is 13.3. The van der Waals surface area contributed by atoms with Gasteiger partial charge in [-0.15, -0.1) is 5.10 Å². The highest BCUT2D eigenvalue weighted by atomic mass is 19.1. The Kier molecular flexibility index (Phi) is 1.90. The summed E-state index contributed by atoms with van der Waals surface area (Å²) in [6.07, 6.45) is 7.01. The lowest BCUT2D eigenvalue weighted by molar-refractivity contribution is -0.225. The molecule has 0 radical (unpaired) electrons. The molecule has 3 aliphatic rings. The quantitative estimate of drug-likeness (QED) is 0.840. The average Bonchev–Trinajstić information content (AvgIpc) is 2.93. The predicted octanol–water partition coefficient (Wildman–Crippen LogP) is 2.38. The summed E-state index contributed by atoms with van der Waals surface area (Å²) in [4.78, 5) is 2.59. The molecule has 2 aromatic rings. The van der Waals surface area contributed by atoms with Crippen molar-refractivity contribution in [3.05, 3.63) is 36.3 Å². The van der Waals surface area contributed by atoms with Crippen LogP contribution in [0.5, 0.6) is 0 Å². The lowest BCUT2D eigenvalue weighted by atomic mass is 9.75. The lowest BCUT2D eigenvalue weighted by Crippen LogP contribution is -2.75. The second kappa shape index (κ2) is 3.47. The van der Waals surface area contributed by atoms with Crippen molar-refractivity contribution in [2.45, 2.75) is 43.4 Å². The molecule has 102 valence electrons. The highest BCUT2D eigenvalue weighted by Crippen LogP contribution is 2.60. The summed E-state index contributed by atoms with van der Waals surface area (Å²) in [6, 6.07) is 8.06. The Morgan fingerprint density at radius 3 is 2.75 bits per heavy atom. The first-order chi connectivity index (χ1) is 9.76. The number of nitrogens with zero attached hydrogens (tertiary/aromatic N) is 4. The molecule has 0 N–H and O–H groups in total. The minimum Gasteiger partial charge on any atom is -0.273 e. The number of piperidine rings is 1. The highest BCUT2D eigenvalue weighted by Gasteiger charge is 2.67. The van der Waals surface area contributed by atoms with Crippen LogP contribution in [-0.2, 0) is 5.66 Å². The van der Waals surface area contributed by atoms with Crippen molar-refractivity contribution in [1.82, 2.24) is 19.9 Å². The molecule has 3 aliphatic heterocycles. The highest BCUT2D eigenvalue weighted by molar-refractivity contribution is 5.57. The number of hydrogen-bond acceptors (Lipinski definition) is 3. The molecule has 4 nitrogen and oxygen atoms in total. The van der Waals surface area contributed by atoms with Gasteiger partial charge in [-0.2, -0.15) is 0 Å². The summed E-state index contributed by atoms with van der Waals surface area (Å²) in [5.74, 6) is -0.234. The van der Waals surface area contributed by atoms with Gasteiger partial charge < -0.3 is 0 Å². The van der Waals surface area contributed by atoms with Gasteiger partial charge in [0.25, 0.3) is 0 Å². The molecular formula is C15H15FN4. The Morgan fingerprint density at radius 2 is 2.00 bits per heavy atom. The summed E-state index contributed by atoms with van der Waals surface area (Å²) in [7, 11) is 0. The van der Waals surface area contributed by atoms with E-state index in [2.05, 4.69) is 15.2 Å². The Morgan fingerprint density at radius 1 is 1.20 bits per heavy atom. The Balaban J connectivity index is 1.50. The van der Waals surface area contributed by atoms with Gasteiger partial charge in [0.1, 0.15) is 17.2 Å². The second-order valence-electron chi connectivity index (χ2n) is 6.24. The Labute approximate surface area is 116 Å². The number of halogens is 1. The number of hydrogen-bond donors (Lipinski definition) is 0. The van der Waals surface area contributed by atoms with Crippen molar-refractivity contribution in [3.8, 4) is 11.3 Å². The molecule has 4 heterocycles. The van der Waals surface area contributed by atoms with Gasteiger partial charge in [0.2, 0.25) is 0 Å². The molecule has 5 rings (SSSR count). The minimum absolute atomic E-state index is 0.0877. The zero-order valence-electron chi connectivity index (χ0n) is 11.0. The van der Waals surface area contributed by atoms with Crippen molar-refractivity contribution in [2.24, 2.45) is 0 Å². The van der Waals surface area contributed by atoms with E-state index in [0.717, 1.165) is 23.3 Å². The van der Waals surface area contributed by atoms with Gasteiger partial charge in [0.05, 0.1) is 6.20 Å². The summed E-state index contributed by atoms with van der Waals surface area (Å²) >= 11 is 0. The van der Waals surface area contributed by atoms with Crippen LogP contribution in [0.15, 0.2) is 30.5 Å². The summed E-state index contributed by atoms with van der Waals surface area (Å²) in [5, 5.41) is 8.55. The number of aromatic nitrogens is 3. The van der Waals surface area contributed by atoms with Crippen LogP contribution in [0.25, 0.3) is 11.3 Å². The molecule has 0 spiro atoms. The molecule has 3 fully saturated rings. The molecule has 1 aromatic carbocycles. The molecule has 3 saturated heterocycles. The van der Waals surface area contributed by atoms with Gasteiger partial charge in [-0.1, -0.05) is 17.3 Å².